The van der Waals surface area contributed by atoms with Gasteiger partial charge >= 0.3 is 18.0 Å². The Morgan fingerprint density at radius 1 is 0.655 bits per heavy atom. The summed E-state index contributed by atoms with van der Waals surface area (Å²) in [4.78, 5) is 53.6. The standard InChI is InChI=1S/C44H79N3O11/c1-8-9-10-11-12-13-14-15-16-17-18-19-20-21-22-23-24-25-26-27-39(50)47(7)32-37(48)40(51)41(58-36(6)45-28-30-55-42(52)34(2)3)38(49)33-57-44(54)46-29-31-56-43(53)35(4)5/h37-38,40-41,48-49,51H,2,4,8-33H2,1,3,5-7H3,(H,46,54)/t37-,38+,40+,41+/m0/s1. The molecule has 14 nitrogen and oxygen atoms in total. The Kier molecular flexibility index (Phi) is 33.3. The molecule has 0 saturated heterocycles. The van der Waals surface area contributed by atoms with Crippen LogP contribution in [0.2, 0.25) is 0 Å². The van der Waals surface area contributed by atoms with Crippen molar-refractivity contribution in [2.24, 2.45) is 4.99 Å². The third kappa shape index (κ3) is 29.7. The highest BCUT2D eigenvalue weighted by Crippen LogP contribution is 2.16. The predicted octanol–water partition coefficient (Wildman–Crippen LogP) is 7.12. The molecule has 0 aliphatic rings. The summed E-state index contributed by atoms with van der Waals surface area (Å²) in [5.74, 6) is -1.40. The maximum absolute atomic E-state index is 12.9. The van der Waals surface area contributed by atoms with E-state index in [-0.39, 0.29) is 55.8 Å². The number of hydrogen-bond donors (Lipinski definition) is 4. The molecule has 0 aliphatic carbocycles. The summed E-state index contributed by atoms with van der Waals surface area (Å²) in [5.41, 5.74) is 0.429. The smallest absolute Gasteiger partial charge is 0.407 e. The molecule has 336 valence electrons. The first-order chi connectivity index (χ1) is 27.7. The zero-order chi connectivity index (χ0) is 43.6. The van der Waals surface area contributed by atoms with E-state index in [1.165, 1.54) is 129 Å². The fourth-order valence-electron chi connectivity index (χ4n) is 6.06. The molecule has 0 radical (unpaired) electrons. The second kappa shape index (κ2) is 35.5. The Labute approximate surface area is 349 Å². The number of ether oxygens (including phenoxy) is 4. The normalized spacial score (nSPS) is 13.5. The van der Waals surface area contributed by atoms with E-state index in [0.717, 1.165) is 25.7 Å². The van der Waals surface area contributed by atoms with Gasteiger partial charge < -0.3 is 44.5 Å². The number of aliphatic hydroxyl groups is 3. The fourth-order valence-corrected chi connectivity index (χ4v) is 6.06. The first kappa shape index (κ1) is 54.5. The van der Waals surface area contributed by atoms with Gasteiger partial charge in [-0.1, -0.05) is 136 Å². The number of likely N-dealkylation sites (N-methyl/N-ethyl adjacent to an activating group) is 1. The van der Waals surface area contributed by atoms with Crippen molar-refractivity contribution in [1.29, 1.82) is 0 Å². The van der Waals surface area contributed by atoms with Crippen LogP contribution in [0.15, 0.2) is 29.3 Å². The van der Waals surface area contributed by atoms with Gasteiger partial charge in [-0.3, -0.25) is 9.79 Å². The number of nitrogens with one attached hydrogen (secondary N) is 1. The molecular weight excluding hydrogens is 746 g/mol. The van der Waals surface area contributed by atoms with Crippen LogP contribution < -0.4 is 5.32 Å². The van der Waals surface area contributed by atoms with Gasteiger partial charge in [0, 0.05) is 38.1 Å². The summed E-state index contributed by atoms with van der Waals surface area (Å²) in [6, 6.07) is 0. The highest BCUT2D eigenvalue weighted by atomic mass is 16.6. The molecule has 0 bridgehead atoms. The number of amides is 2. The number of carbonyl (C=O) groups is 4. The van der Waals surface area contributed by atoms with Gasteiger partial charge in [-0.15, -0.1) is 0 Å². The average Bonchev–Trinajstić information content (AvgIpc) is 3.19. The molecule has 0 saturated carbocycles. The van der Waals surface area contributed by atoms with Crippen molar-refractivity contribution in [3.05, 3.63) is 24.3 Å². The van der Waals surface area contributed by atoms with Gasteiger partial charge in [0.25, 0.3) is 0 Å². The minimum atomic E-state index is -1.74. The molecule has 2 amide bonds. The van der Waals surface area contributed by atoms with E-state index in [4.69, 9.17) is 18.9 Å². The van der Waals surface area contributed by atoms with E-state index < -0.39 is 49.1 Å². The van der Waals surface area contributed by atoms with Crippen LogP contribution >= 0.6 is 0 Å². The van der Waals surface area contributed by atoms with Crippen LogP contribution in [0.25, 0.3) is 0 Å². The maximum Gasteiger partial charge on any atom is 0.407 e. The van der Waals surface area contributed by atoms with Gasteiger partial charge in [0.05, 0.1) is 13.1 Å². The third-order valence-corrected chi connectivity index (χ3v) is 9.64. The number of hydrogen-bond acceptors (Lipinski definition) is 12. The lowest BCUT2D eigenvalue weighted by Gasteiger charge is -2.32. The van der Waals surface area contributed by atoms with Gasteiger partial charge in [-0.25, -0.2) is 14.4 Å². The number of carbonyl (C=O) groups excluding carboxylic acids is 4. The quantitative estimate of drug-likeness (QED) is 0.0126. The van der Waals surface area contributed by atoms with Crippen molar-refractivity contribution in [3.8, 4) is 0 Å². The number of aliphatic imine (C=N–C) groups is 1. The Balaban J connectivity index is 4.67. The zero-order valence-electron chi connectivity index (χ0n) is 36.6. The summed E-state index contributed by atoms with van der Waals surface area (Å²) in [6.45, 7) is 12.5. The van der Waals surface area contributed by atoms with Gasteiger partial charge in [-0.05, 0) is 20.3 Å². The van der Waals surface area contributed by atoms with Crippen LogP contribution in [-0.4, -0.2) is 121 Å². The minimum Gasteiger partial charge on any atom is -0.472 e. The zero-order valence-corrected chi connectivity index (χ0v) is 36.6. The summed E-state index contributed by atoms with van der Waals surface area (Å²) < 4.78 is 20.6. The minimum absolute atomic E-state index is 0.00209. The number of unbranched alkanes of at least 4 members (excludes halogenated alkanes) is 18. The number of alkyl carbamates (subject to hydrolysis) is 1. The van der Waals surface area contributed by atoms with Crippen LogP contribution in [0.1, 0.15) is 156 Å². The van der Waals surface area contributed by atoms with Crippen molar-refractivity contribution in [1.82, 2.24) is 10.2 Å². The summed E-state index contributed by atoms with van der Waals surface area (Å²) in [7, 11) is 1.53. The molecule has 0 spiro atoms. The van der Waals surface area contributed by atoms with Crippen molar-refractivity contribution in [3.63, 3.8) is 0 Å². The highest BCUT2D eigenvalue weighted by Gasteiger charge is 2.36. The molecule has 14 heteroatoms. The second-order valence-corrected chi connectivity index (χ2v) is 15.4. The van der Waals surface area contributed by atoms with Crippen molar-refractivity contribution >= 4 is 29.8 Å². The Morgan fingerprint density at radius 3 is 1.57 bits per heavy atom. The lowest BCUT2D eigenvalue weighted by atomic mass is 10.0. The molecule has 58 heavy (non-hydrogen) atoms. The first-order valence-corrected chi connectivity index (χ1v) is 21.7. The SMILES string of the molecule is C=C(C)C(=O)OCCN=C(C)O[C@@H]([C@H](O)[C@@H](O)CN(C)C(=O)CCCCCCCCCCCCCCCCCCCCC)[C@H](O)COC(=O)NCCOC(=O)C(=C)C. The third-order valence-electron chi connectivity index (χ3n) is 9.64. The molecule has 0 heterocycles. The molecule has 0 aliphatic heterocycles. The fraction of sp³-hybridized carbons (Fsp3) is 0.795. The molecule has 0 unspecified atom stereocenters. The molecule has 0 aromatic carbocycles. The Morgan fingerprint density at radius 2 is 1.10 bits per heavy atom. The van der Waals surface area contributed by atoms with Crippen LogP contribution in [-0.2, 0) is 33.3 Å². The number of aliphatic hydroxyl groups excluding tert-OH is 3. The van der Waals surface area contributed by atoms with E-state index in [2.05, 4.69) is 30.4 Å². The topological polar surface area (TPSA) is 194 Å². The highest BCUT2D eigenvalue weighted by molar-refractivity contribution is 5.87. The predicted molar refractivity (Wildman–Crippen MR) is 227 cm³/mol. The van der Waals surface area contributed by atoms with E-state index in [1.807, 2.05) is 0 Å². The van der Waals surface area contributed by atoms with Gasteiger partial charge in [0.15, 0.2) is 12.0 Å². The van der Waals surface area contributed by atoms with E-state index in [0.29, 0.717) is 6.42 Å². The van der Waals surface area contributed by atoms with Gasteiger partial charge in [0.1, 0.15) is 38.1 Å². The number of esters is 2. The largest absolute Gasteiger partial charge is 0.472 e. The number of rotatable bonds is 36. The van der Waals surface area contributed by atoms with Crippen molar-refractivity contribution < 1.29 is 53.4 Å². The Bertz CT molecular complexity index is 1200. The maximum atomic E-state index is 12.9. The van der Waals surface area contributed by atoms with Crippen molar-refractivity contribution in [2.45, 2.75) is 181 Å². The summed E-state index contributed by atoms with van der Waals surface area (Å²) >= 11 is 0. The van der Waals surface area contributed by atoms with E-state index in [9.17, 15) is 34.5 Å². The van der Waals surface area contributed by atoms with Crippen LogP contribution in [0, 0.1) is 0 Å². The van der Waals surface area contributed by atoms with E-state index >= 15 is 0 Å². The summed E-state index contributed by atoms with van der Waals surface area (Å²) in [6.07, 6.45) is 16.9. The van der Waals surface area contributed by atoms with Crippen LogP contribution in [0.5, 0.6) is 0 Å². The second-order valence-electron chi connectivity index (χ2n) is 15.4. The molecule has 4 N–H and O–H groups in total. The monoisotopic (exact) mass is 826 g/mol. The summed E-state index contributed by atoms with van der Waals surface area (Å²) in [5, 5.41) is 35.3. The van der Waals surface area contributed by atoms with Gasteiger partial charge in [-0.2, -0.15) is 0 Å². The van der Waals surface area contributed by atoms with Crippen LogP contribution in [0.3, 0.4) is 0 Å². The van der Waals surface area contributed by atoms with Crippen LogP contribution in [0.4, 0.5) is 4.79 Å². The molecule has 0 aromatic rings. The lowest BCUT2D eigenvalue weighted by molar-refractivity contribution is -0.139. The molecule has 0 aromatic heterocycles. The molecule has 0 fully saturated rings. The molecule has 4 atom stereocenters. The lowest BCUT2D eigenvalue weighted by Crippen LogP contribution is -2.52. The molecular formula is C44H79N3O11. The first-order valence-electron chi connectivity index (χ1n) is 21.7. The Hall–Kier alpha value is -3.49. The molecule has 0 rings (SSSR count). The van der Waals surface area contributed by atoms with Crippen molar-refractivity contribution in [2.75, 3.05) is 46.5 Å². The number of nitrogens with zero attached hydrogens (tertiary/aromatic N) is 2. The van der Waals surface area contributed by atoms with E-state index in [1.54, 1.807) is 0 Å². The van der Waals surface area contributed by atoms with Gasteiger partial charge in [0.2, 0.25) is 5.91 Å². The average molecular weight is 826 g/mol.